The van der Waals surface area contributed by atoms with Crippen LogP contribution in [0.1, 0.15) is 46.4 Å². The first-order chi connectivity index (χ1) is 24.4. The van der Waals surface area contributed by atoms with Crippen molar-refractivity contribution in [2.75, 3.05) is 36.0 Å². The third-order valence-electron chi connectivity index (χ3n) is 10.3. The van der Waals surface area contributed by atoms with Gasteiger partial charge in [0.15, 0.2) is 0 Å². The summed E-state index contributed by atoms with van der Waals surface area (Å²) in [4.78, 5) is 29.9. The predicted octanol–water partition coefficient (Wildman–Crippen LogP) is 9.98. The van der Waals surface area contributed by atoms with Crippen molar-refractivity contribution in [2.24, 2.45) is 0 Å². The minimum absolute atomic E-state index is 0.180. The van der Waals surface area contributed by atoms with Crippen molar-refractivity contribution in [3.63, 3.8) is 0 Å². The Bertz CT molecular complexity index is 2360. The van der Waals surface area contributed by atoms with Crippen LogP contribution in [0.3, 0.4) is 0 Å². The Labute approximate surface area is 287 Å². The largest absolute Gasteiger partial charge is 0.478 e. The van der Waals surface area contributed by atoms with E-state index in [1.807, 2.05) is 60.7 Å². The zero-order valence-corrected chi connectivity index (χ0v) is 27.3. The molecule has 0 unspecified atom stereocenters. The molecule has 4 heterocycles. The van der Waals surface area contributed by atoms with Crippen molar-refractivity contribution in [3.05, 3.63) is 108 Å². The highest BCUT2D eigenvalue weighted by molar-refractivity contribution is 6.18. The zero-order valence-electron chi connectivity index (χ0n) is 27.3. The highest BCUT2D eigenvalue weighted by atomic mass is 16.4. The molecule has 0 amide bonds. The highest BCUT2D eigenvalue weighted by Gasteiger charge is 2.31. The first-order valence-corrected chi connectivity index (χ1v) is 17.2. The molecule has 5 aromatic carbocycles. The number of anilines is 2. The second-order valence-electron chi connectivity index (χ2n) is 13.2. The van der Waals surface area contributed by atoms with Gasteiger partial charge in [0.1, 0.15) is 6.07 Å². The molecule has 2 aliphatic heterocycles. The van der Waals surface area contributed by atoms with E-state index in [4.69, 9.17) is 8.83 Å². The van der Waals surface area contributed by atoms with E-state index in [0.717, 1.165) is 85.1 Å². The molecule has 0 saturated carbocycles. The summed E-state index contributed by atoms with van der Waals surface area (Å²) in [7, 11) is 0. The molecular formula is C42H34N2O6+2. The lowest BCUT2D eigenvalue weighted by Gasteiger charge is -2.17. The van der Waals surface area contributed by atoms with Crippen LogP contribution in [-0.2, 0) is 0 Å². The maximum absolute atomic E-state index is 12.6. The normalized spacial score (nSPS) is 14.8. The number of aromatic carboxylic acids is 2. The molecule has 0 spiro atoms. The smallest absolute Gasteiger partial charge is 0.371 e. The van der Waals surface area contributed by atoms with Gasteiger partial charge in [0, 0.05) is 48.7 Å². The van der Waals surface area contributed by atoms with Gasteiger partial charge in [0.2, 0.25) is 0 Å². The van der Waals surface area contributed by atoms with Crippen molar-refractivity contribution < 1.29 is 28.6 Å². The Morgan fingerprint density at radius 3 is 1.30 bits per heavy atom. The van der Waals surface area contributed by atoms with E-state index in [1.165, 1.54) is 0 Å². The molecule has 2 fully saturated rings. The lowest BCUT2D eigenvalue weighted by atomic mass is 9.90. The van der Waals surface area contributed by atoms with Crippen LogP contribution in [0.15, 0.2) is 106 Å². The van der Waals surface area contributed by atoms with Gasteiger partial charge in [-0.2, -0.15) is 0 Å². The highest BCUT2D eigenvalue weighted by Crippen LogP contribution is 2.45. The molecule has 0 atom stereocenters. The van der Waals surface area contributed by atoms with Gasteiger partial charge >= 0.3 is 34.3 Å². The molecular weight excluding hydrogens is 628 g/mol. The van der Waals surface area contributed by atoms with Crippen molar-refractivity contribution in [2.45, 2.75) is 25.7 Å². The summed E-state index contributed by atoms with van der Waals surface area (Å²) >= 11 is 0. The van der Waals surface area contributed by atoms with Crippen molar-refractivity contribution >= 4 is 67.2 Å². The van der Waals surface area contributed by atoms with E-state index in [9.17, 15) is 19.8 Å². The van der Waals surface area contributed by atoms with E-state index in [1.54, 1.807) is 24.3 Å². The van der Waals surface area contributed by atoms with E-state index in [0.29, 0.717) is 44.2 Å². The van der Waals surface area contributed by atoms with Crippen molar-refractivity contribution in [1.29, 1.82) is 0 Å². The van der Waals surface area contributed by atoms with Gasteiger partial charge in [-0.05, 0) is 79.3 Å². The minimum Gasteiger partial charge on any atom is -0.478 e. The summed E-state index contributed by atoms with van der Waals surface area (Å²) in [6.45, 7) is 3.91. The van der Waals surface area contributed by atoms with Crippen LogP contribution >= 0.6 is 0 Å². The number of carboxylic acid groups (broad SMARTS) is 2. The van der Waals surface area contributed by atoms with Crippen LogP contribution in [0.5, 0.6) is 0 Å². The van der Waals surface area contributed by atoms with Crippen LogP contribution in [-0.4, -0.2) is 48.3 Å². The van der Waals surface area contributed by atoms with Gasteiger partial charge in [-0.15, -0.1) is 0 Å². The molecule has 8 nitrogen and oxygen atoms in total. The third-order valence-corrected chi connectivity index (χ3v) is 10.3. The molecule has 50 heavy (non-hydrogen) atoms. The summed E-state index contributed by atoms with van der Waals surface area (Å²) in [5.41, 5.74) is 7.45. The molecule has 7 aromatic rings. The number of carboxylic acids is 2. The molecule has 2 aliphatic rings. The molecule has 2 aromatic heterocycles. The summed E-state index contributed by atoms with van der Waals surface area (Å²) < 4.78 is 13.4. The molecule has 2 saturated heterocycles. The predicted molar refractivity (Wildman–Crippen MR) is 197 cm³/mol. The first kappa shape index (κ1) is 30.1. The maximum Gasteiger partial charge on any atom is 0.371 e. The molecule has 246 valence electrons. The monoisotopic (exact) mass is 662 g/mol. The first-order valence-electron chi connectivity index (χ1n) is 17.2. The van der Waals surface area contributed by atoms with Crippen LogP contribution < -0.4 is 9.80 Å². The number of rotatable bonds is 6. The number of fused-ring (bicyclic) bond motifs is 4. The Balaban J connectivity index is 1.41. The Morgan fingerprint density at radius 2 is 0.880 bits per heavy atom. The SMILES string of the molecule is O=C(O)c1ccccc1-c1c2ccc(N3CCCC3)cc2[o+]c2cc3[o+]c4cc(N5CCCC5)ccc4c(-c4ccccc4C(=O)O)c3cc12. The fourth-order valence-electron chi connectivity index (χ4n) is 7.95. The van der Waals surface area contributed by atoms with Gasteiger partial charge in [0.25, 0.3) is 0 Å². The standard InChI is InChI=1S/C42H32N2O6/c45-41(46)29-11-3-1-9-27(29)39-31-15-13-25(43-17-5-6-18-43)21-35(31)49-37-24-38-34(23-33(37)39)40(28-10-2-4-12-30(28)42(47)48)32-16-14-26(22-36(32)50-38)44-19-7-8-20-44/h1-4,9-16,21-24H,5-8,17-20H2/p+2. The van der Waals surface area contributed by atoms with E-state index in [-0.39, 0.29) is 11.1 Å². The van der Waals surface area contributed by atoms with E-state index >= 15 is 0 Å². The van der Waals surface area contributed by atoms with Crippen molar-refractivity contribution in [3.8, 4) is 22.3 Å². The molecule has 0 radical (unpaired) electrons. The lowest BCUT2D eigenvalue weighted by molar-refractivity contribution is 0.0687. The second-order valence-corrected chi connectivity index (χ2v) is 13.2. The summed E-state index contributed by atoms with van der Waals surface area (Å²) in [5, 5.41) is 23.6. The average Bonchev–Trinajstić information content (AvgIpc) is 3.88. The third kappa shape index (κ3) is 4.90. The van der Waals surface area contributed by atoms with Gasteiger partial charge in [-0.3, -0.25) is 0 Å². The molecule has 0 bridgehead atoms. The van der Waals surface area contributed by atoms with Crippen LogP contribution in [0, 0.1) is 0 Å². The van der Waals surface area contributed by atoms with Crippen LogP contribution in [0.25, 0.3) is 66.1 Å². The minimum atomic E-state index is -1.02. The Hall–Kier alpha value is -6.02. The number of carbonyl (C=O) groups is 2. The lowest BCUT2D eigenvalue weighted by Crippen LogP contribution is -2.17. The van der Waals surface area contributed by atoms with Crippen LogP contribution in [0.2, 0.25) is 0 Å². The number of hydrogen-bond acceptors (Lipinski definition) is 4. The summed E-state index contributed by atoms with van der Waals surface area (Å²) in [5.74, 6) is -2.05. The summed E-state index contributed by atoms with van der Waals surface area (Å²) in [6, 6.07) is 30.2. The molecule has 8 heteroatoms. The average molecular weight is 663 g/mol. The van der Waals surface area contributed by atoms with Gasteiger partial charge in [0.05, 0.1) is 44.8 Å². The topological polar surface area (TPSA) is 104 Å². The second kappa shape index (κ2) is 11.8. The van der Waals surface area contributed by atoms with E-state index in [2.05, 4.69) is 21.9 Å². The quantitative estimate of drug-likeness (QED) is 0.134. The zero-order chi connectivity index (χ0) is 33.9. The molecule has 0 aliphatic carbocycles. The Morgan fingerprint density at radius 1 is 0.480 bits per heavy atom. The summed E-state index contributed by atoms with van der Waals surface area (Å²) in [6.07, 6.45) is 4.55. The van der Waals surface area contributed by atoms with Gasteiger partial charge in [-0.25, -0.2) is 18.4 Å². The van der Waals surface area contributed by atoms with Crippen LogP contribution in [0.4, 0.5) is 11.4 Å². The maximum atomic E-state index is 12.6. The van der Waals surface area contributed by atoms with E-state index < -0.39 is 11.9 Å². The number of benzene rings is 5. The van der Waals surface area contributed by atoms with Gasteiger partial charge < -0.3 is 20.0 Å². The fraction of sp³-hybridized carbons (Fsp3) is 0.190. The molecule has 9 rings (SSSR count). The fourth-order valence-corrected chi connectivity index (χ4v) is 7.95. The van der Waals surface area contributed by atoms with Gasteiger partial charge in [-0.1, -0.05) is 36.4 Å². The number of nitrogens with zero attached hydrogens (tertiary/aromatic N) is 2. The Kier molecular flexibility index (Phi) is 7.12. The number of hydrogen-bond donors (Lipinski definition) is 2. The molecule has 2 N–H and O–H groups in total. The van der Waals surface area contributed by atoms with Crippen molar-refractivity contribution in [1.82, 2.24) is 0 Å².